The lowest BCUT2D eigenvalue weighted by Crippen LogP contribution is -2.26. The predicted molar refractivity (Wildman–Crippen MR) is 108 cm³/mol. The lowest BCUT2D eigenvalue weighted by Gasteiger charge is -2.19. The summed E-state index contributed by atoms with van der Waals surface area (Å²) in [4.78, 5) is 14.1. The molecule has 1 N–H and O–H groups in total. The normalized spacial score (nSPS) is 14.8. The highest BCUT2D eigenvalue weighted by molar-refractivity contribution is 5.80. The summed E-state index contributed by atoms with van der Waals surface area (Å²) in [5.41, 5.74) is 4.70. The molecule has 0 saturated heterocycles. The van der Waals surface area contributed by atoms with Crippen LogP contribution in [0.2, 0.25) is 0 Å². The van der Waals surface area contributed by atoms with Crippen molar-refractivity contribution in [3.8, 4) is 0 Å². The molecule has 7 heteroatoms. The Labute approximate surface area is 164 Å². The van der Waals surface area contributed by atoms with Gasteiger partial charge in [-0.3, -0.25) is 14.4 Å². The molecule has 0 aliphatic carbocycles. The van der Waals surface area contributed by atoms with E-state index in [-0.39, 0.29) is 12.5 Å². The quantitative estimate of drug-likeness (QED) is 0.710. The molecule has 1 aliphatic heterocycles. The zero-order valence-corrected chi connectivity index (χ0v) is 16.5. The Morgan fingerprint density at radius 1 is 1.25 bits per heavy atom. The van der Waals surface area contributed by atoms with Crippen LogP contribution in [0.4, 0.5) is 0 Å². The molecule has 0 bridgehead atoms. The number of nitrogens with zero attached hydrogens (tertiary/aromatic N) is 4. The highest BCUT2D eigenvalue weighted by Gasteiger charge is 2.17. The summed E-state index contributed by atoms with van der Waals surface area (Å²) >= 11 is 0. The van der Waals surface area contributed by atoms with Gasteiger partial charge in [0.2, 0.25) is 5.91 Å². The molecule has 0 radical (unpaired) electrons. The van der Waals surface area contributed by atoms with Gasteiger partial charge >= 0.3 is 0 Å². The van der Waals surface area contributed by atoms with Gasteiger partial charge in [-0.25, -0.2) is 0 Å². The third-order valence-electron chi connectivity index (χ3n) is 5.24. The standard InChI is InChI=1S/C21H27N5O2/c1-24-9-6-17-5-4-16(10-20(17)24)13-25-7-3-8-26-19(14-25)11-18(23-26)12-22-21(27)15-28-2/h4-6,9-11H,3,7-8,12-15H2,1-2H3,(H,22,27). The van der Waals surface area contributed by atoms with Crippen molar-refractivity contribution in [1.29, 1.82) is 0 Å². The molecule has 1 amide bonds. The van der Waals surface area contributed by atoms with Crippen LogP contribution < -0.4 is 5.32 Å². The number of nitrogens with one attached hydrogen (secondary N) is 1. The minimum absolute atomic E-state index is 0.0762. The fourth-order valence-corrected chi connectivity index (χ4v) is 3.85. The van der Waals surface area contributed by atoms with Gasteiger partial charge in [-0.2, -0.15) is 5.10 Å². The van der Waals surface area contributed by atoms with Gasteiger partial charge in [0.15, 0.2) is 0 Å². The first-order valence-electron chi connectivity index (χ1n) is 9.70. The number of ether oxygens (including phenoxy) is 1. The molecule has 0 fully saturated rings. The van der Waals surface area contributed by atoms with E-state index in [0.29, 0.717) is 6.54 Å². The Morgan fingerprint density at radius 3 is 3.00 bits per heavy atom. The Hall–Kier alpha value is -2.64. The number of carbonyl (C=O) groups is 1. The zero-order valence-electron chi connectivity index (χ0n) is 16.5. The summed E-state index contributed by atoms with van der Waals surface area (Å²) in [5.74, 6) is -0.122. The second-order valence-electron chi connectivity index (χ2n) is 7.44. The van der Waals surface area contributed by atoms with Crippen LogP contribution >= 0.6 is 0 Å². The van der Waals surface area contributed by atoms with Crippen molar-refractivity contribution in [3.05, 3.63) is 53.5 Å². The number of amides is 1. The maximum atomic E-state index is 11.6. The first kappa shape index (κ1) is 18.7. The van der Waals surface area contributed by atoms with E-state index in [1.54, 1.807) is 0 Å². The van der Waals surface area contributed by atoms with Crippen molar-refractivity contribution in [2.45, 2.75) is 32.6 Å². The van der Waals surface area contributed by atoms with Gasteiger partial charge < -0.3 is 14.6 Å². The maximum absolute atomic E-state index is 11.6. The van der Waals surface area contributed by atoms with E-state index in [9.17, 15) is 4.79 Å². The molecule has 1 aliphatic rings. The SMILES string of the molecule is COCC(=O)NCc1cc2n(n1)CCCN(Cc1ccc3ccn(C)c3c1)C2. The van der Waals surface area contributed by atoms with Crippen LogP contribution in [0.1, 0.15) is 23.4 Å². The van der Waals surface area contributed by atoms with E-state index in [2.05, 4.69) is 68.1 Å². The van der Waals surface area contributed by atoms with Crippen molar-refractivity contribution >= 4 is 16.8 Å². The van der Waals surface area contributed by atoms with Gasteiger partial charge in [0.25, 0.3) is 0 Å². The molecular weight excluding hydrogens is 354 g/mol. The second-order valence-corrected chi connectivity index (χ2v) is 7.44. The fourth-order valence-electron chi connectivity index (χ4n) is 3.85. The molecule has 0 saturated carbocycles. The summed E-state index contributed by atoms with van der Waals surface area (Å²) in [6, 6.07) is 11.0. The van der Waals surface area contributed by atoms with E-state index in [0.717, 1.165) is 38.3 Å². The van der Waals surface area contributed by atoms with E-state index < -0.39 is 0 Å². The van der Waals surface area contributed by atoms with Crippen molar-refractivity contribution in [2.75, 3.05) is 20.3 Å². The Balaban J connectivity index is 1.43. The summed E-state index contributed by atoms with van der Waals surface area (Å²) < 4.78 is 9.09. The molecule has 3 heterocycles. The van der Waals surface area contributed by atoms with Crippen molar-refractivity contribution in [3.63, 3.8) is 0 Å². The number of rotatable bonds is 6. The van der Waals surface area contributed by atoms with Crippen LogP contribution in [0.25, 0.3) is 10.9 Å². The largest absolute Gasteiger partial charge is 0.375 e. The number of aromatic nitrogens is 3. The number of hydrogen-bond acceptors (Lipinski definition) is 4. The summed E-state index contributed by atoms with van der Waals surface area (Å²) in [5, 5.41) is 8.78. The van der Waals surface area contributed by atoms with E-state index in [1.807, 2.05) is 0 Å². The Kier molecular flexibility index (Phi) is 5.45. The van der Waals surface area contributed by atoms with Crippen molar-refractivity contribution in [2.24, 2.45) is 7.05 Å². The van der Waals surface area contributed by atoms with Crippen molar-refractivity contribution in [1.82, 2.24) is 24.6 Å². The van der Waals surface area contributed by atoms with Gasteiger partial charge in [-0.05, 0) is 35.6 Å². The summed E-state index contributed by atoms with van der Waals surface area (Å²) in [6.45, 7) is 4.26. The molecule has 28 heavy (non-hydrogen) atoms. The minimum atomic E-state index is -0.122. The van der Waals surface area contributed by atoms with Crippen LogP contribution in [0.5, 0.6) is 0 Å². The van der Waals surface area contributed by atoms with Crippen molar-refractivity contribution < 1.29 is 9.53 Å². The van der Waals surface area contributed by atoms with E-state index in [4.69, 9.17) is 4.74 Å². The molecule has 7 nitrogen and oxygen atoms in total. The average Bonchev–Trinajstić information content (AvgIpc) is 3.18. The highest BCUT2D eigenvalue weighted by Crippen LogP contribution is 2.20. The maximum Gasteiger partial charge on any atom is 0.246 e. The number of aryl methyl sites for hydroxylation is 2. The molecule has 4 rings (SSSR count). The van der Waals surface area contributed by atoms with Crippen LogP contribution in [-0.2, 0) is 42.8 Å². The number of methoxy groups -OCH3 is 1. The zero-order chi connectivity index (χ0) is 19.5. The van der Waals surface area contributed by atoms with Crippen LogP contribution in [0.15, 0.2) is 36.5 Å². The molecule has 0 spiro atoms. The topological polar surface area (TPSA) is 64.3 Å². The Bertz CT molecular complexity index is 974. The number of hydrogen-bond donors (Lipinski definition) is 1. The third kappa shape index (κ3) is 4.10. The van der Waals surface area contributed by atoms with Crippen LogP contribution in [0, 0.1) is 0 Å². The minimum Gasteiger partial charge on any atom is -0.375 e. The average molecular weight is 381 g/mol. The summed E-state index contributed by atoms with van der Waals surface area (Å²) in [7, 11) is 3.60. The van der Waals surface area contributed by atoms with Gasteiger partial charge in [-0.15, -0.1) is 0 Å². The van der Waals surface area contributed by atoms with E-state index in [1.165, 1.54) is 29.3 Å². The highest BCUT2D eigenvalue weighted by atomic mass is 16.5. The fraction of sp³-hybridized carbons (Fsp3) is 0.429. The Morgan fingerprint density at radius 2 is 2.14 bits per heavy atom. The number of carbonyl (C=O) groups excluding carboxylic acids is 1. The number of benzene rings is 1. The molecule has 1 aromatic carbocycles. The van der Waals surface area contributed by atoms with Gasteiger partial charge in [-0.1, -0.05) is 12.1 Å². The van der Waals surface area contributed by atoms with E-state index >= 15 is 0 Å². The molecule has 2 aromatic heterocycles. The molecular formula is C21H27N5O2. The van der Waals surface area contributed by atoms with Crippen LogP contribution in [0.3, 0.4) is 0 Å². The predicted octanol–water partition coefficient (Wildman–Crippen LogP) is 2.04. The lowest BCUT2D eigenvalue weighted by molar-refractivity contribution is -0.124. The second kappa shape index (κ2) is 8.16. The molecule has 3 aromatic rings. The molecule has 148 valence electrons. The molecule has 0 atom stereocenters. The van der Waals surface area contributed by atoms with Crippen LogP contribution in [-0.4, -0.2) is 45.4 Å². The summed E-state index contributed by atoms with van der Waals surface area (Å²) in [6.07, 6.45) is 3.17. The third-order valence-corrected chi connectivity index (χ3v) is 5.24. The lowest BCUT2D eigenvalue weighted by atomic mass is 10.1. The first-order chi connectivity index (χ1) is 13.6. The molecule has 0 unspecified atom stereocenters. The monoisotopic (exact) mass is 381 g/mol. The van der Waals surface area contributed by atoms with Gasteiger partial charge in [0.05, 0.1) is 17.9 Å². The van der Waals surface area contributed by atoms with Gasteiger partial charge in [0.1, 0.15) is 6.61 Å². The van der Waals surface area contributed by atoms with Gasteiger partial charge in [0, 0.05) is 52.1 Å². The smallest absolute Gasteiger partial charge is 0.246 e. The first-order valence-corrected chi connectivity index (χ1v) is 9.70. The number of fused-ring (bicyclic) bond motifs is 2.